The quantitative estimate of drug-likeness (QED) is 0.654. The molecule has 0 atom stereocenters. The molecule has 0 radical (unpaired) electrons. The van der Waals surface area contributed by atoms with Crippen LogP contribution in [0.15, 0.2) is 48.5 Å². The van der Waals surface area contributed by atoms with E-state index in [1.54, 1.807) is 36.4 Å². The third-order valence-electron chi connectivity index (χ3n) is 3.77. The number of benzene rings is 2. The first-order valence-corrected chi connectivity index (χ1v) is 8.47. The van der Waals surface area contributed by atoms with E-state index in [1.165, 1.54) is 25.0 Å². The second kappa shape index (κ2) is 9.47. The molecule has 0 fully saturated rings. The lowest BCUT2D eigenvalue weighted by molar-refractivity contribution is 0.0696. The molecule has 132 valence electrons. The number of unbranched alkanes of at least 4 members (excludes halogenated alkanes) is 3. The highest BCUT2D eigenvalue weighted by Gasteiger charge is 2.07. The molecular formula is C20H23NO4. The number of carbonyl (C=O) groups is 2. The maximum Gasteiger partial charge on any atom is 0.335 e. The maximum atomic E-state index is 12.2. The minimum absolute atomic E-state index is 0.179. The predicted octanol–water partition coefficient (Wildman–Crippen LogP) is 4.60. The molecule has 0 aliphatic heterocycles. The van der Waals surface area contributed by atoms with E-state index < -0.39 is 5.97 Å². The van der Waals surface area contributed by atoms with Crippen molar-refractivity contribution in [3.63, 3.8) is 0 Å². The van der Waals surface area contributed by atoms with E-state index in [2.05, 4.69) is 12.2 Å². The number of nitrogens with one attached hydrogen (secondary N) is 1. The van der Waals surface area contributed by atoms with Crippen molar-refractivity contribution in [1.29, 1.82) is 0 Å². The van der Waals surface area contributed by atoms with Gasteiger partial charge in [0, 0.05) is 11.3 Å². The molecule has 0 bridgehead atoms. The number of rotatable bonds is 9. The van der Waals surface area contributed by atoms with Crippen LogP contribution in [0.25, 0.3) is 0 Å². The van der Waals surface area contributed by atoms with Crippen molar-refractivity contribution in [3.8, 4) is 5.75 Å². The zero-order chi connectivity index (χ0) is 18.1. The Morgan fingerprint density at radius 3 is 2.16 bits per heavy atom. The summed E-state index contributed by atoms with van der Waals surface area (Å²) in [5.41, 5.74) is 1.24. The van der Waals surface area contributed by atoms with Crippen molar-refractivity contribution in [1.82, 2.24) is 0 Å². The fourth-order valence-corrected chi connectivity index (χ4v) is 2.32. The lowest BCUT2D eigenvalue weighted by Gasteiger charge is -2.08. The van der Waals surface area contributed by atoms with Gasteiger partial charge in [-0.25, -0.2) is 4.79 Å². The average molecular weight is 341 g/mol. The number of hydrogen-bond donors (Lipinski definition) is 2. The molecule has 0 unspecified atom stereocenters. The monoisotopic (exact) mass is 341 g/mol. The van der Waals surface area contributed by atoms with Crippen molar-refractivity contribution >= 4 is 17.6 Å². The van der Waals surface area contributed by atoms with Crippen LogP contribution >= 0.6 is 0 Å². The summed E-state index contributed by atoms with van der Waals surface area (Å²) in [6.07, 6.45) is 4.61. The topological polar surface area (TPSA) is 75.6 Å². The van der Waals surface area contributed by atoms with Crippen LogP contribution in [0.1, 0.15) is 53.3 Å². The summed E-state index contributed by atoms with van der Waals surface area (Å²) in [7, 11) is 0. The summed E-state index contributed by atoms with van der Waals surface area (Å²) in [6, 6.07) is 13.0. The standard InChI is InChI=1S/C20H23NO4/c1-2-3-4-5-14-25-18-12-8-15(9-13-18)19(22)21-17-10-6-16(7-11-17)20(23)24/h6-13H,2-5,14H2,1H3,(H,21,22)(H,23,24). The molecule has 2 aromatic carbocycles. The van der Waals surface area contributed by atoms with Crippen molar-refractivity contribution < 1.29 is 19.4 Å². The smallest absolute Gasteiger partial charge is 0.335 e. The Morgan fingerprint density at radius 1 is 0.920 bits per heavy atom. The number of aromatic carboxylic acids is 1. The summed E-state index contributed by atoms with van der Waals surface area (Å²) < 4.78 is 5.65. The lowest BCUT2D eigenvalue weighted by Crippen LogP contribution is -2.12. The number of amides is 1. The van der Waals surface area contributed by atoms with Gasteiger partial charge in [-0.2, -0.15) is 0 Å². The summed E-state index contributed by atoms with van der Waals surface area (Å²) in [5, 5.41) is 11.6. The molecule has 0 saturated heterocycles. The first kappa shape index (κ1) is 18.5. The Labute approximate surface area is 147 Å². The van der Waals surface area contributed by atoms with E-state index in [-0.39, 0.29) is 11.5 Å². The Morgan fingerprint density at radius 2 is 1.56 bits per heavy atom. The van der Waals surface area contributed by atoms with Crippen LogP contribution in [0, 0.1) is 0 Å². The Kier molecular flexibility index (Phi) is 7.01. The van der Waals surface area contributed by atoms with Gasteiger partial charge in [0.15, 0.2) is 0 Å². The summed E-state index contributed by atoms with van der Waals surface area (Å²) >= 11 is 0. The molecular weight excluding hydrogens is 318 g/mol. The minimum atomic E-state index is -0.997. The van der Waals surface area contributed by atoms with Crippen LogP contribution < -0.4 is 10.1 Å². The molecule has 0 aliphatic rings. The average Bonchev–Trinajstić information content (AvgIpc) is 2.62. The molecule has 0 aromatic heterocycles. The molecule has 2 aromatic rings. The molecule has 5 heteroatoms. The number of anilines is 1. The molecule has 2 N–H and O–H groups in total. The van der Waals surface area contributed by atoms with Crippen molar-refractivity contribution in [2.24, 2.45) is 0 Å². The Balaban J connectivity index is 1.86. The van der Waals surface area contributed by atoms with Gasteiger partial charge in [-0.15, -0.1) is 0 Å². The zero-order valence-corrected chi connectivity index (χ0v) is 14.3. The summed E-state index contributed by atoms with van der Waals surface area (Å²) in [4.78, 5) is 23.0. The molecule has 0 aliphatic carbocycles. The second-order valence-electron chi connectivity index (χ2n) is 5.77. The Hall–Kier alpha value is -2.82. The number of carbonyl (C=O) groups excluding carboxylic acids is 1. The predicted molar refractivity (Wildman–Crippen MR) is 97.4 cm³/mol. The highest BCUT2D eigenvalue weighted by Crippen LogP contribution is 2.15. The van der Waals surface area contributed by atoms with Crippen LogP contribution in [-0.2, 0) is 0 Å². The molecule has 5 nitrogen and oxygen atoms in total. The van der Waals surface area contributed by atoms with Gasteiger partial charge in [0.1, 0.15) is 5.75 Å². The van der Waals surface area contributed by atoms with Gasteiger partial charge in [-0.1, -0.05) is 26.2 Å². The maximum absolute atomic E-state index is 12.2. The first-order chi connectivity index (χ1) is 12.1. The van der Waals surface area contributed by atoms with E-state index >= 15 is 0 Å². The third-order valence-corrected chi connectivity index (χ3v) is 3.77. The molecule has 2 rings (SSSR count). The summed E-state index contributed by atoms with van der Waals surface area (Å²) in [5.74, 6) is -0.500. The number of ether oxygens (including phenoxy) is 1. The van der Waals surface area contributed by atoms with Crippen LogP contribution in [0.2, 0.25) is 0 Å². The first-order valence-electron chi connectivity index (χ1n) is 8.47. The van der Waals surface area contributed by atoms with Gasteiger partial charge in [-0.3, -0.25) is 4.79 Å². The number of carboxylic acids is 1. The fourth-order valence-electron chi connectivity index (χ4n) is 2.32. The highest BCUT2D eigenvalue weighted by atomic mass is 16.5. The van der Waals surface area contributed by atoms with Crippen LogP contribution in [0.3, 0.4) is 0 Å². The summed E-state index contributed by atoms with van der Waals surface area (Å²) in [6.45, 7) is 2.85. The highest BCUT2D eigenvalue weighted by molar-refractivity contribution is 6.04. The number of hydrogen-bond acceptors (Lipinski definition) is 3. The van der Waals surface area contributed by atoms with Crippen LogP contribution in [-0.4, -0.2) is 23.6 Å². The van der Waals surface area contributed by atoms with Crippen LogP contribution in [0.5, 0.6) is 5.75 Å². The van der Waals surface area contributed by atoms with E-state index in [0.717, 1.165) is 18.6 Å². The second-order valence-corrected chi connectivity index (χ2v) is 5.77. The van der Waals surface area contributed by atoms with Crippen molar-refractivity contribution in [2.75, 3.05) is 11.9 Å². The molecule has 1 amide bonds. The molecule has 0 heterocycles. The van der Waals surface area contributed by atoms with Gasteiger partial charge in [-0.05, 0) is 55.0 Å². The molecule has 25 heavy (non-hydrogen) atoms. The van der Waals surface area contributed by atoms with E-state index in [4.69, 9.17) is 9.84 Å². The van der Waals surface area contributed by atoms with Gasteiger partial charge in [0.05, 0.1) is 12.2 Å². The minimum Gasteiger partial charge on any atom is -0.494 e. The van der Waals surface area contributed by atoms with Gasteiger partial charge in [0.2, 0.25) is 0 Å². The van der Waals surface area contributed by atoms with Crippen molar-refractivity contribution in [3.05, 3.63) is 59.7 Å². The fraction of sp³-hybridized carbons (Fsp3) is 0.300. The van der Waals surface area contributed by atoms with E-state index in [0.29, 0.717) is 17.9 Å². The largest absolute Gasteiger partial charge is 0.494 e. The van der Waals surface area contributed by atoms with E-state index in [1.807, 2.05) is 0 Å². The zero-order valence-electron chi connectivity index (χ0n) is 14.3. The van der Waals surface area contributed by atoms with E-state index in [9.17, 15) is 9.59 Å². The lowest BCUT2D eigenvalue weighted by atomic mass is 10.1. The number of carboxylic acid groups (broad SMARTS) is 1. The normalized spacial score (nSPS) is 10.3. The van der Waals surface area contributed by atoms with Gasteiger partial charge in [0.25, 0.3) is 5.91 Å². The third kappa shape index (κ3) is 5.95. The van der Waals surface area contributed by atoms with Gasteiger partial charge >= 0.3 is 5.97 Å². The van der Waals surface area contributed by atoms with Crippen LogP contribution in [0.4, 0.5) is 5.69 Å². The molecule has 0 spiro atoms. The SMILES string of the molecule is CCCCCCOc1ccc(C(=O)Nc2ccc(C(=O)O)cc2)cc1. The Bertz CT molecular complexity index is 693. The van der Waals surface area contributed by atoms with Gasteiger partial charge < -0.3 is 15.2 Å². The van der Waals surface area contributed by atoms with Crippen molar-refractivity contribution in [2.45, 2.75) is 32.6 Å². The molecule has 0 saturated carbocycles.